The van der Waals surface area contributed by atoms with E-state index in [1.807, 2.05) is 4.90 Å². The van der Waals surface area contributed by atoms with Crippen LogP contribution in [-0.2, 0) is 12.4 Å². The number of piperazine rings is 1. The second-order valence-corrected chi connectivity index (χ2v) is 8.55. The van der Waals surface area contributed by atoms with Crippen LogP contribution in [0.5, 0.6) is 11.5 Å². The molecule has 0 aliphatic carbocycles. The lowest BCUT2D eigenvalue weighted by Crippen LogP contribution is -2.47. The van der Waals surface area contributed by atoms with Crippen LogP contribution in [0.1, 0.15) is 17.0 Å². The van der Waals surface area contributed by atoms with Crippen LogP contribution < -0.4 is 15.0 Å². The number of halogens is 6. The van der Waals surface area contributed by atoms with E-state index < -0.39 is 29.2 Å². The van der Waals surface area contributed by atoms with Crippen molar-refractivity contribution in [1.82, 2.24) is 19.9 Å². The van der Waals surface area contributed by atoms with Crippen LogP contribution in [0.2, 0.25) is 0 Å². The van der Waals surface area contributed by atoms with E-state index in [4.69, 9.17) is 9.84 Å². The first kappa shape index (κ1) is 27.4. The van der Waals surface area contributed by atoms with Crippen molar-refractivity contribution < 1.29 is 36.2 Å². The van der Waals surface area contributed by atoms with Gasteiger partial charge in [0.05, 0.1) is 17.7 Å². The van der Waals surface area contributed by atoms with Gasteiger partial charge in [0.15, 0.2) is 0 Å². The van der Waals surface area contributed by atoms with Gasteiger partial charge < -0.3 is 20.1 Å². The molecule has 4 rings (SSSR count). The van der Waals surface area contributed by atoms with Crippen molar-refractivity contribution in [2.75, 3.05) is 49.5 Å². The largest absolute Gasteiger partial charge is 0.457 e. The maximum Gasteiger partial charge on any atom is 0.416 e. The molecule has 0 radical (unpaired) electrons. The number of hydrogen-bond acceptors (Lipinski definition) is 8. The summed E-state index contributed by atoms with van der Waals surface area (Å²) in [6.07, 6.45) is -9.94. The smallest absolute Gasteiger partial charge is 0.416 e. The van der Waals surface area contributed by atoms with E-state index in [1.165, 1.54) is 24.3 Å². The Hall–Kier alpha value is -3.65. The highest BCUT2D eigenvalue weighted by Crippen LogP contribution is 2.39. The Kier molecular flexibility index (Phi) is 7.92. The van der Waals surface area contributed by atoms with Gasteiger partial charge in [0.1, 0.15) is 17.3 Å². The number of hydrogen-bond donors (Lipinski definition) is 2. The molecule has 2 heterocycles. The van der Waals surface area contributed by atoms with Crippen molar-refractivity contribution in [2.45, 2.75) is 19.3 Å². The van der Waals surface area contributed by atoms with Gasteiger partial charge >= 0.3 is 12.4 Å². The summed E-state index contributed by atoms with van der Waals surface area (Å²) in [5.41, 5.74) is -2.41. The molecule has 1 aromatic heterocycles. The molecule has 0 bridgehead atoms. The van der Waals surface area contributed by atoms with Gasteiger partial charge in [0.25, 0.3) is 0 Å². The summed E-state index contributed by atoms with van der Waals surface area (Å²) in [5, 5.41) is 12.1. The third-order valence-corrected chi connectivity index (χ3v) is 5.71. The van der Waals surface area contributed by atoms with Crippen LogP contribution >= 0.6 is 0 Å². The number of β-amino-alcohol motifs (C(OH)–C–C–N with tert-alkyl or cyclic N) is 1. The summed E-state index contributed by atoms with van der Waals surface area (Å²) in [4.78, 5) is 17.3. The SMILES string of the molecule is Cc1nc(Nc2ccc(Oc3cc(C(F)(F)F)cc(C(F)(F)F)c3)cc2)nc(N2CCN(CCO)CC2)n1. The number of ether oxygens (including phenoxy) is 1. The third-order valence-electron chi connectivity index (χ3n) is 5.71. The van der Waals surface area contributed by atoms with Gasteiger partial charge in [-0.2, -0.15) is 41.3 Å². The minimum absolute atomic E-state index is 0.0382. The minimum atomic E-state index is -4.97. The summed E-state index contributed by atoms with van der Waals surface area (Å²) in [5.74, 6) is 0.696. The van der Waals surface area contributed by atoms with E-state index >= 15 is 0 Å². The Morgan fingerprint density at radius 2 is 1.45 bits per heavy atom. The van der Waals surface area contributed by atoms with Gasteiger partial charge in [-0.1, -0.05) is 0 Å². The lowest BCUT2D eigenvalue weighted by Gasteiger charge is -2.34. The number of benzene rings is 2. The molecule has 1 aliphatic heterocycles. The summed E-state index contributed by atoms with van der Waals surface area (Å²) < 4.78 is 83.9. The van der Waals surface area contributed by atoms with Gasteiger partial charge in [-0.15, -0.1) is 0 Å². The van der Waals surface area contributed by atoms with E-state index in [-0.39, 0.29) is 24.4 Å². The molecule has 204 valence electrons. The fraction of sp³-hybridized carbons (Fsp3) is 0.375. The molecule has 1 fully saturated rings. The standard InChI is InChI=1S/C24H24F6N6O2/c1-15-31-21(34-22(32-15)36-8-6-35(7-9-36)10-11-37)33-18-2-4-19(5-3-18)38-20-13-16(23(25,26)27)12-17(14-20)24(28,29)30/h2-5,12-14,37H,6-11H2,1H3,(H,31,32,33,34). The molecule has 2 aromatic carbocycles. The zero-order valence-corrected chi connectivity index (χ0v) is 20.1. The molecule has 14 heteroatoms. The number of rotatable bonds is 7. The number of aliphatic hydroxyl groups is 1. The molecule has 0 spiro atoms. The Bertz CT molecular complexity index is 1210. The van der Waals surface area contributed by atoms with Gasteiger partial charge in [0, 0.05) is 38.4 Å². The monoisotopic (exact) mass is 542 g/mol. The lowest BCUT2D eigenvalue weighted by molar-refractivity contribution is -0.143. The first-order chi connectivity index (χ1) is 17.9. The topological polar surface area (TPSA) is 86.6 Å². The molecule has 0 amide bonds. The number of nitrogens with zero attached hydrogens (tertiary/aromatic N) is 5. The second-order valence-electron chi connectivity index (χ2n) is 8.55. The van der Waals surface area contributed by atoms with Gasteiger partial charge in [-0.25, -0.2) is 0 Å². The van der Waals surface area contributed by atoms with E-state index in [0.29, 0.717) is 49.2 Å². The average molecular weight is 542 g/mol. The van der Waals surface area contributed by atoms with Gasteiger partial charge in [-0.05, 0) is 49.4 Å². The molecule has 0 atom stereocenters. The minimum Gasteiger partial charge on any atom is -0.457 e. The molecular formula is C24H24F6N6O2. The lowest BCUT2D eigenvalue weighted by atomic mass is 10.1. The number of aromatic nitrogens is 3. The predicted octanol–water partition coefficient (Wildman–Crippen LogP) is 4.87. The number of aryl methyl sites for hydroxylation is 1. The van der Waals surface area contributed by atoms with Crippen LogP contribution in [0.3, 0.4) is 0 Å². The van der Waals surface area contributed by atoms with Crippen LogP contribution in [0.4, 0.5) is 43.9 Å². The Morgan fingerprint density at radius 3 is 2.00 bits per heavy atom. The highest BCUT2D eigenvalue weighted by atomic mass is 19.4. The molecule has 0 unspecified atom stereocenters. The summed E-state index contributed by atoms with van der Waals surface area (Å²) >= 11 is 0. The quantitative estimate of drug-likeness (QED) is 0.409. The number of aliphatic hydroxyl groups excluding tert-OH is 1. The van der Waals surface area contributed by atoms with E-state index in [0.717, 1.165) is 13.1 Å². The van der Waals surface area contributed by atoms with Crippen LogP contribution in [0, 0.1) is 6.92 Å². The maximum atomic E-state index is 13.1. The Labute approximate surface area is 213 Å². The number of nitrogens with one attached hydrogen (secondary N) is 1. The molecular weight excluding hydrogens is 518 g/mol. The van der Waals surface area contributed by atoms with Gasteiger partial charge in [-0.3, -0.25) is 4.90 Å². The highest BCUT2D eigenvalue weighted by Gasteiger charge is 2.37. The molecule has 38 heavy (non-hydrogen) atoms. The number of anilines is 3. The van der Waals surface area contributed by atoms with Crippen molar-refractivity contribution >= 4 is 17.6 Å². The summed E-state index contributed by atoms with van der Waals surface area (Å²) in [6, 6.07) is 6.91. The summed E-state index contributed by atoms with van der Waals surface area (Å²) in [7, 11) is 0. The first-order valence-electron chi connectivity index (χ1n) is 11.6. The van der Waals surface area contributed by atoms with Crippen molar-refractivity contribution in [3.8, 4) is 11.5 Å². The molecule has 1 saturated heterocycles. The molecule has 3 aromatic rings. The van der Waals surface area contributed by atoms with E-state index in [9.17, 15) is 26.3 Å². The Balaban J connectivity index is 1.46. The normalized spacial score (nSPS) is 15.0. The Morgan fingerprint density at radius 1 is 0.842 bits per heavy atom. The van der Waals surface area contributed by atoms with Gasteiger partial charge in [0.2, 0.25) is 11.9 Å². The zero-order valence-electron chi connectivity index (χ0n) is 20.1. The van der Waals surface area contributed by atoms with Crippen LogP contribution in [0.15, 0.2) is 42.5 Å². The number of alkyl halides is 6. The van der Waals surface area contributed by atoms with Crippen LogP contribution in [-0.4, -0.2) is 64.3 Å². The third kappa shape index (κ3) is 7.01. The summed E-state index contributed by atoms with van der Waals surface area (Å²) in [6.45, 7) is 5.30. The van der Waals surface area contributed by atoms with Crippen LogP contribution in [0.25, 0.3) is 0 Å². The van der Waals surface area contributed by atoms with E-state index in [2.05, 4.69) is 25.2 Å². The van der Waals surface area contributed by atoms with Crippen molar-refractivity contribution in [1.29, 1.82) is 0 Å². The molecule has 0 saturated carbocycles. The van der Waals surface area contributed by atoms with Crippen molar-refractivity contribution in [3.63, 3.8) is 0 Å². The fourth-order valence-electron chi connectivity index (χ4n) is 3.83. The average Bonchev–Trinajstić information content (AvgIpc) is 2.84. The maximum absolute atomic E-state index is 13.1. The second kappa shape index (κ2) is 11.0. The van der Waals surface area contributed by atoms with Crippen molar-refractivity contribution in [2.24, 2.45) is 0 Å². The molecule has 2 N–H and O–H groups in total. The fourth-order valence-corrected chi connectivity index (χ4v) is 3.83. The highest BCUT2D eigenvalue weighted by molar-refractivity contribution is 5.56. The molecule has 1 aliphatic rings. The first-order valence-corrected chi connectivity index (χ1v) is 11.6. The predicted molar refractivity (Wildman–Crippen MR) is 127 cm³/mol. The zero-order chi connectivity index (χ0) is 27.5. The van der Waals surface area contributed by atoms with E-state index in [1.54, 1.807) is 6.92 Å². The molecule has 8 nitrogen and oxygen atoms in total. The van der Waals surface area contributed by atoms with Crippen molar-refractivity contribution in [3.05, 3.63) is 59.4 Å².